The maximum Gasteiger partial charge on any atom is 0.350 e. The number of unbranched alkanes of at least 4 members (excludes halogenated alkanes) is 2. The van der Waals surface area contributed by atoms with Gasteiger partial charge in [0.25, 0.3) is 5.78 Å². The van der Waals surface area contributed by atoms with Gasteiger partial charge in [-0.1, -0.05) is 49.8 Å². The highest BCUT2D eigenvalue weighted by atomic mass is 32.1. The molecule has 1 atom stereocenters. The number of aliphatic hydroxyl groups is 1. The smallest absolute Gasteiger partial charge is 0.350 e. The Morgan fingerprint density at radius 1 is 1.09 bits per heavy atom. The number of methoxy groups -OCH3 is 1. The summed E-state index contributed by atoms with van der Waals surface area (Å²) in [7, 11) is 1.52. The molecule has 10 nitrogen and oxygen atoms in total. The molecule has 1 saturated heterocycles. The average molecular weight is 621 g/mol. The lowest BCUT2D eigenvalue weighted by Crippen LogP contribution is -2.29. The van der Waals surface area contributed by atoms with E-state index in [-0.39, 0.29) is 27.9 Å². The van der Waals surface area contributed by atoms with Crippen LogP contribution < -0.4 is 19.1 Å². The lowest BCUT2D eigenvalue weighted by atomic mass is 9.95. The van der Waals surface area contributed by atoms with Crippen molar-refractivity contribution >= 4 is 39.9 Å². The average Bonchev–Trinajstić information content (AvgIpc) is 3.54. The van der Waals surface area contributed by atoms with Gasteiger partial charge < -0.3 is 24.1 Å². The second-order valence-electron chi connectivity index (χ2n) is 9.89. The zero-order valence-electron chi connectivity index (χ0n) is 25.3. The van der Waals surface area contributed by atoms with Crippen LogP contribution in [0.4, 0.5) is 5.13 Å². The molecule has 2 aromatic carbocycles. The zero-order valence-corrected chi connectivity index (χ0v) is 26.1. The first-order valence-corrected chi connectivity index (χ1v) is 15.2. The van der Waals surface area contributed by atoms with Crippen LogP contribution in [0.5, 0.6) is 17.2 Å². The molecule has 1 amide bonds. The minimum atomic E-state index is -1.09. The van der Waals surface area contributed by atoms with Gasteiger partial charge in [-0.2, -0.15) is 0 Å². The van der Waals surface area contributed by atoms with Gasteiger partial charge in [-0.25, -0.2) is 9.78 Å². The maximum absolute atomic E-state index is 13.7. The van der Waals surface area contributed by atoms with Crippen LogP contribution >= 0.6 is 11.3 Å². The number of aliphatic hydroxyl groups excluding tert-OH is 1. The Morgan fingerprint density at radius 2 is 1.84 bits per heavy atom. The predicted molar refractivity (Wildman–Crippen MR) is 168 cm³/mol. The molecule has 44 heavy (non-hydrogen) atoms. The molecule has 0 aliphatic carbocycles. The summed E-state index contributed by atoms with van der Waals surface area (Å²) in [6.07, 6.45) is 4.40. The van der Waals surface area contributed by atoms with Crippen LogP contribution in [-0.4, -0.2) is 54.7 Å². The number of ketones is 1. The van der Waals surface area contributed by atoms with E-state index in [1.54, 1.807) is 49.4 Å². The largest absolute Gasteiger partial charge is 0.507 e. The first kappa shape index (κ1) is 32.3. The van der Waals surface area contributed by atoms with E-state index in [0.717, 1.165) is 30.6 Å². The van der Waals surface area contributed by atoms with Crippen LogP contribution in [0.3, 0.4) is 0 Å². The van der Waals surface area contributed by atoms with E-state index in [1.807, 2.05) is 6.92 Å². The number of hydrogen-bond acceptors (Lipinski definition) is 10. The molecular weight excluding hydrogens is 584 g/mol. The van der Waals surface area contributed by atoms with Gasteiger partial charge in [-0.15, -0.1) is 0 Å². The molecule has 1 aliphatic heterocycles. The van der Waals surface area contributed by atoms with Crippen LogP contribution in [0.2, 0.25) is 0 Å². The number of thiazole rings is 1. The van der Waals surface area contributed by atoms with Gasteiger partial charge in [-0.05, 0) is 62.2 Å². The predicted octanol–water partition coefficient (Wildman–Crippen LogP) is 6.40. The third-order valence-corrected chi connectivity index (χ3v) is 8.04. The van der Waals surface area contributed by atoms with Gasteiger partial charge in [0.1, 0.15) is 23.0 Å². The second-order valence-corrected chi connectivity index (χ2v) is 10.9. The molecule has 11 heteroatoms. The Bertz CT molecular complexity index is 1560. The van der Waals surface area contributed by atoms with Crippen molar-refractivity contribution in [3.05, 3.63) is 82.4 Å². The molecule has 4 rings (SSSR count). The third-order valence-electron chi connectivity index (χ3n) is 6.91. The highest BCUT2D eigenvalue weighted by Crippen LogP contribution is 2.45. The number of anilines is 1. The summed E-state index contributed by atoms with van der Waals surface area (Å²) in [5.74, 6) is -1.27. The molecule has 2 heterocycles. The van der Waals surface area contributed by atoms with Crippen molar-refractivity contribution in [2.45, 2.75) is 46.1 Å². The minimum absolute atomic E-state index is 0.00491. The number of hydrogen-bond donors (Lipinski definition) is 1. The van der Waals surface area contributed by atoms with E-state index in [9.17, 15) is 19.5 Å². The number of esters is 1. The number of rotatable bonds is 14. The molecule has 0 spiro atoms. The normalized spacial score (nSPS) is 15.7. The molecule has 232 valence electrons. The fourth-order valence-corrected chi connectivity index (χ4v) is 5.73. The number of amides is 1. The molecule has 1 aliphatic rings. The van der Waals surface area contributed by atoms with E-state index < -0.39 is 23.7 Å². The van der Waals surface area contributed by atoms with Gasteiger partial charge in [-0.3, -0.25) is 14.5 Å². The molecule has 0 bridgehead atoms. The van der Waals surface area contributed by atoms with Crippen LogP contribution in [-0.2, 0) is 14.3 Å². The summed E-state index contributed by atoms with van der Waals surface area (Å²) in [5.41, 5.74) is 0.995. The number of ether oxygens (including phenoxy) is 4. The monoisotopic (exact) mass is 620 g/mol. The molecule has 0 radical (unpaired) electrons. The van der Waals surface area contributed by atoms with Crippen molar-refractivity contribution in [2.75, 3.05) is 31.8 Å². The Kier molecular flexibility index (Phi) is 10.8. The summed E-state index contributed by atoms with van der Waals surface area (Å²) < 4.78 is 22.3. The standard InChI is InChI=1S/C33H36N2O8S/c1-6-9-10-18-42-24-16-13-22(19-25(24)41-8-3)27-26(28(36)21-11-14-23(40-5)15-12-21)29(37)31(38)35(27)33-34-20(4)30(44-33)32(39)43-17-7-2/h7,11-16,19,27,36H,2,6,8-10,17-18H2,1,3-5H3/b28-26+. The quantitative estimate of drug-likeness (QED) is 0.0545. The van der Waals surface area contributed by atoms with Gasteiger partial charge in [0.15, 0.2) is 16.6 Å². The highest BCUT2D eigenvalue weighted by Gasteiger charge is 2.48. The van der Waals surface area contributed by atoms with E-state index in [1.165, 1.54) is 18.1 Å². The maximum atomic E-state index is 13.7. The first-order valence-electron chi connectivity index (χ1n) is 14.4. The Labute approximate surface area is 260 Å². The summed E-state index contributed by atoms with van der Waals surface area (Å²) >= 11 is 0.924. The Morgan fingerprint density at radius 3 is 2.50 bits per heavy atom. The van der Waals surface area contributed by atoms with Gasteiger partial charge in [0.05, 0.1) is 37.6 Å². The van der Waals surface area contributed by atoms with E-state index in [4.69, 9.17) is 18.9 Å². The number of aromatic nitrogens is 1. The first-order chi connectivity index (χ1) is 21.2. The molecule has 3 aromatic rings. The van der Waals surface area contributed by atoms with Gasteiger partial charge in [0.2, 0.25) is 0 Å². The number of carbonyl (C=O) groups excluding carboxylic acids is 3. The number of nitrogens with zero attached hydrogens (tertiary/aromatic N) is 2. The number of aryl methyl sites for hydroxylation is 1. The molecule has 1 unspecified atom stereocenters. The molecule has 1 fully saturated rings. The fourth-order valence-electron chi connectivity index (χ4n) is 4.74. The van der Waals surface area contributed by atoms with Crippen molar-refractivity contribution in [1.82, 2.24) is 4.98 Å². The second kappa shape index (κ2) is 14.7. The molecule has 1 aromatic heterocycles. The Hall–Kier alpha value is -4.64. The number of carbonyl (C=O) groups is 3. The zero-order chi connectivity index (χ0) is 31.8. The number of Topliss-reactive ketones (excluding diaryl/α,β-unsaturated/α-hetero) is 1. The van der Waals surface area contributed by atoms with E-state index >= 15 is 0 Å². The van der Waals surface area contributed by atoms with Crippen molar-refractivity contribution in [2.24, 2.45) is 0 Å². The molecule has 1 N–H and O–H groups in total. The summed E-state index contributed by atoms with van der Waals surface area (Å²) in [6, 6.07) is 10.5. The third kappa shape index (κ3) is 6.78. The fraction of sp³-hybridized carbons (Fsp3) is 0.333. The van der Waals surface area contributed by atoms with Crippen LogP contribution in [0.1, 0.15) is 65.6 Å². The van der Waals surface area contributed by atoms with E-state index in [2.05, 4.69) is 18.5 Å². The van der Waals surface area contributed by atoms with Gasteiger partial charge in [0, 0.05) is 5.56 Å². The summed E-state index contributed by atoms with van der Waals surface area (Å²) in [6.45, 7) is 9.98. The van der Waals surface area contributed by atoms with Crippen LogP contribution in [0, 0.1) is 6.92 Å². The van der Waals surface area contributed by atoms with Crippen molar-refractivity contribution in [3.8, 4) is 17.2 Å². The lowest BCUT2D eigenvalue weighted by molar-refractivity contribution is -0.132. The van der Waals surface area contributed by atoms with Crippen LogP contribution in [0.15, 0.2) is 60.7 Å². The van der Waals surface area contributed by atoms with E-state index in [0.29, 0.717) is 47.3 Å². The van der Waals surface area contributed by atoms with Crippen LogP contribution in [0.25, 0.3) is 5.76 Å². The van der Waals surface area contributed by atoms with Crippen molar-refractivity contribution in [1.29, 1.82) is 0 Å². The SMILES string of the molecule is C=CCOC(=O)c1sc(N2C(=O)C(=O)/C(=C(/O)c3ccc(OC)cc3)C2c2ccc(OCCCCC)c(OCC)c2)nc1C. The topological polar surface area (TPSA) is 124 Å². The number of benzene rings is 2. The molecular formula is C33H36N2O8S. The lowest BCUT2D eigenvalue weighted by Gasteiger charge is -2.24. The van der Waals surface area contributed by atoms with Crippen molar-refractivity contribution < 1.29 is 38.4 Å². The van der Waals surface area contributed by atoms with Gasteiger partial charge >= 0.3 is 11.9 Å². The highest BCUT2D eigenvalue weighted by molar-refractivity contribution is 7.17. The molecule has 0 saturated carbocycles. The summed E-state index contributed by atoms with van der Waals surface area (Å²) in [4.78, 5) is 45.9. The summed E-state index contributed by atoms with van der Waals surface area (Å²) in [5, 5.41) is 11.6. The van der Waals surface area contributed by atoms with Crippen molar-refractivity contribution in [3.63, 3.8) is 0 Å². The Balaban J connectivity index is 1.86. The minimum Gasteiger partial charge on any atom is -0.507 e.